The van der Waals surface area contributed by atoms with Gasteiger partial charge in [0, 0.05) is 45.1 Å². The molecule has 5 aromatic carbocycles. The number of para-hydroxylation sites is 2. The monoisotopic (exact) mass is 674 g/mol. The van der Waals surface area contributed by atoms with Gasteiger partial charge in [0.1, 0.15) is 11.5 Å². The molecule has 0 bridgehead atoms. The normalized spacial score (nSPS) is 11.2. The molecule has 0 aliphatic heterocycles. The van der Waals surface area contributed by atoms with Crippen LogP contribution < -0.4 is 9.47 Å². The maximum Gasteiger partial charge on any atom is 0.344 e. The molecule has 8 nitrogen and oxygen atoms in total. The molecule has 0 aliphatic carbocycles. The van der Waals surface area contributed by atoms with E-state index in [1.54, 1.807) is 48.8 Å². The average molecular weight is 675 g/mol. The predicted octanol–water partition coefficient (Wildman–Crippen LogP) is 9.65. The summed E-state index contributed by atoms with van der Waals surface area (Å²) in [7, 11) is 0. The van der Waals surface area contributed by atoms with Gasteiger partial charge in [-0.25, -0.2) is 19.6 Å². The van der Waals surface area contributed by atoms with Crippen molar-refractivity contribution in [2.24, 2.45) is 0 Å². The van der Waals surface area contributed by atoms with Crippen LogP contribution in [0, 0.1) is 0 Å². The van der Waals surface area contributed by atoms with E-state index < -0.39 is 11.9 Å². The molecular formula is C44H26N4O4. The Morgan fingerprint density at radius 1 is 0.423 bits per heavy atom. The van der Waals surface area contributed by atoms with Crippen LogP contribution in [0.2, 0.25) is 0 Å². The number of carbonyl (C=O) groups excluding carboxylic acids is 2. The number of hydrogen-bond donors (Lipinski definition) is 0. The van der Waals surface area contributed by atoms with Gasteiger partial charge < -0.3 is 9.47 Å². The second-order valence-electron chi connectivity index (χ2n) is 12.2. The lowest BCUT2D eigenvalue weighted by Crippen LogP contribution is -2.09. The number of benzene rings is 5. The van der Waals surface area contributed by atoms with Gasteiger partial charge >= 0.3 is 11.9 Å². The molecule has 0 N–H and O–H groups in total. The standard InChI is InChI=1S/C44H26N4O4/c49-43(51-31-12-3-1-4-13-31)35-25-29-18-20-37(47-39(29)41-33(35)16-8-22-45-41)27-10-7-11-28(24-27)38-21-19-30-26-36(44(50)52-32-14-5-2-6-15-32)34-17-9-23-46-42(34)40(30)48-38/h1-26H. The smallest absolute Gasteiger partial charge is 0.344 e. The maximum atomic E-state index is 13.3. The zero-order valence-corrected chi connectivity index (χ0v) is 27.4. The molecule has 0 fully saturated rings. The quantitative estimate of drug-likeness (QED) is 0.0976. The van der Waals surface area contributed by atoms with Crippen LogP contribution in [0.5, 0.6) is 11.5 Å². The van der Waals surface area contributed by atoms with Crippen molar-refractivity contribution in [2.75, 3.05) is 0 Å². The molecule has 8 heteroatoms. The Kier molecular flexibility index (Phi) is 7.59. The minimum atomic E-state index is -0.461. The van der Waals surface area contributed by atoms with Gasteiger partial charge in [-0.3, -0.25) is 9.97 Å². The highest BCUT2D eigenvalue weighted by molar-refractivity contribution is 6.15. The Morgan fingerprint density at radius 2 is 0.885 bits per heavy atom. The van der Waals surface area contributed by atoms with Crippen LogP contribution in [-0.2, 0) is 0 Å². The van der Waals surface area contributed by atoms with Crippen molar-refractivity contribution in [2.45, 2.75) is 0 Å². The van der Waals surface area contributed by atoms with E-state index in [-0.39, 0.29) is 0 Å². The van der Waals surface area contributed by atoms with Crippen molar-refractivity contribution in [3.63, 3.8) is 0 Å². The summed E-state index contributed by atoms with van der Waals surface area (Å²) in [4.78, 5) is 46.0. The number of rotatable bonds is 6. The highest BCUT2D eigenvalue weighted by Crippen LogP contribution is 2.33. The number of aromatic nitrogens is 4. The minimum Gasteiger partial charge on any atom is -0.423 e. The van der Waals surface area contributed by atoms with Crippen LogP contribution in [0.1, 0.15) is 20.7 Å². The summed E-state index contributed by atoms with van der Waals surface area (Å²) in [6.45, 7) is 0. The molecule has 4 aromatic heterocycles. The molecule has 0 aliphatic rings. The lowest BCUT2D eigenvalue weighted by molar-refractivity contribution is 0.0727. The Labute approximate surface area is 297 Å². The summed E-state index contributed by atoms with van der Waals surface area (Å²) in [5.41, 5.74) is 6.68. The molecule has 0 unspecified atom stereocenters. The lowest BCUT2D eigenvalue weighted by atomic mass is 10.0. The summed E-state index contributed by atoms with van der Waals surface area (Å²) >= 11 is 0. The van der Waals surface area contributed by atoms with Gasteiger partial charge in [0.15, 0.2) is 0 Å². The Bertz CT molecular complexity index is 2650. The van der Waals surface area contributed by atoms with Gasteiger partial charge in [-0.1, -0.05) is 78.9 Å². The van der Waals surface area contributed by atoms with Crippen LogP contribution in [0.4, 0.5) is 0 Å². The highest BCUT2D eigenvalue weighted by atomic mass is 16.5. The molecule has 52 heavy (non-hydrogen) atoms. The van der Waals surface area contributed by atoms with Crippen LogP contribution in [0.15, 0.2) is 158 Å². The number of esters is 2. The van der Waals surface area contributed by atoms with E-state index in [4.69, 9.17) is 19.4 Å². The van der Waals surface area contributed by atoms with Crippen molar-refractivity contribution in [3.05, 3.63) is 169 Å². The van der Waals surface area contributed by atoms with Crippen molar-refractivity contribution >= 4 is 55.6 Å². The van der Waals surface area contributed by atoms with Gasteiger partial charge in [0.05, 0.1) is 44.6 Å². The van der Waals surface area contributed by atoms with E-state index in [0.29, 0.717) is 55.5 Å². The van der Waals surface area contributed by atoms with Crippen LogP contribution in [0.3, 0.4) is 0 Å². The zero-order valence-electron chi connectivity index (χ0n) is 27.4. The fraction of sp³-hybridized carbons (Fsp3) is 0. The molecule has 246 valence electrons. The molecule has 0 spiro atoms. The third kappa shape index (κ3) is 5.64. The van der Waals surface area contributed by atoms with Crippen molar-refractivity contribution in [3.8, 4) is 34.0 Å². The first-order chi connectivity index (χ1) is 25.6. The summed E-state index contributed by atoms with van der Waals surface area (Å²) in [5, 5.41) is 2.86. The first kappa shape index (κ1) is 30.7. The zero-order chi connectivity index (χ0) is 35.0. The molecule has 0 saturated heterocycles. The fourth-order valence-corrected chi connectivity index (χ4v) is 6.44. The van der Waals surface area contributed by atoms with Crippen LogP contribution in [0.25, 0.3) is 66.1 Å². The van der Waals surface area contributed by atoms with E-state index in [2.05, 4.69) is 9.97 Å². The summed E-state index contributed by atoms with van der Waals surface area (Å²) in [6.07, 6.45) is 3.39. The third-order valence-corrected chi connectivity index (χ3v) is 8.90. The van der Waals surface area contributed by atoms with Gasteiger partial charge in [0.25, 0.3) is 0 Å². The predicted molar refractivity (Wildman–Crippen MR) is 201 cm³/mol. The molecule has 0 atom stereocenters. The van der Waals surface area contributed by atoms with Crippen molar-refractivity contribution in [1.82, 2.24) is 19.9 Å². The highest BCUT2D eigenvalue weighted by Gasteiger charge is 2.19. The first-order valence-corrected chi connectivity index (χ1v) is 16.6. The Hall–Kier alpha value is -7.32. The second-order valence-corrected chi connectivity index (χ2v) is 12.2. The first-order valence-electron chi connectivity index (χ1n) is 16.6. The van der Waals surface area contributed by atoms with Gasteiger partial charge in [-0.2, -0.15) is 0 Å². The SMILES string of the molecule is O=C(Oc1ccccc1)c1cc2ccc(-c3cccc(-c4ccc5cc(C(=O)Oc6ccccc6)c6cccnc6c5n4)c3)nc2c2ncccc12. The van der Waals surface area contributed by atoms with E-state index in [1.807, 2.05) is 109 Å². The fourth-order valence-electron chi connectivity index (χ4n) is 6.44. The van der Waals surface area contributed by atoms with Gasteiger partial charge in [-0.15, -0.1) is 0 Å². The van der Waals surface area contributed by atoms with Crippen molar-refractivity contribution in [1.29, 1.82) is 0 Å². The van der Waals surface area contributed by atoms with Crippen LogP contribution >= 0.6 is 0 Å². The van der Waals surface area contributed by atoms with Crippen LogP contribution in [-0.4, -0.2) is 31.9 Å². The largest absolute Gasteiger partial charge is 0.423 e. The van der Waals surface area contributed by atoms with E-state index >= 15 is 0 Å². The van der Waals surface area contributed by atoms with Gasteiger partial charge in [0.2, 0.25) is 0 Å². The van der Waals surface area contributed by atoms with E-state index in [9.17, 15) is 9.59 Å². The van der Waals surface area contributed by atoms with E-state index in [0.717, 1.165) is 33.3 Å². The molecule has 4 heterocycles. The minimum absolute atomic E-state index is 0.417. The van der Waals surface area contributed by atoms with Gasteiger partial charge in [-0.05, 0) is 66.7 Å². The number of fused-ring (bicyclic) bond motifs is 6. The maximum absolute atomic E-state index is 13.3. The summed E-state index contributed by atoms with van der Waals surface area (Å²) in [5.74, 6) is 0.0161. The number of ether oxygens (including phenoxy) is 2. The lowest BCUT2D eigenvalue weighted by Gasteiger charge is -2.12. The summed E-state index contributed by atoms with van der Waals surface area (Å²) < 4.78 is 11.4. The van der Waals surface area contributed by atoms with E-state index in [1.165, 1.54) is 0 Å². The second kappa shape index (κ2) is 12.9. The molecule has 0 saturated carbocycles. The molecule has 9 aromatic rings. The average Bonchev–Trinajstić information content (AvgIpc) is 3.20. The number of carbonyl (C=O) groups is 2. The molecule has 9 rings (SSSR count). The summed E-state index contributed by atoms with van der Waals surface area (Å²) in [6, 6.07) is 44.7. The number of pyridine rings is 4. The molecule has 0 amide bonds. The number of nitrogens with zero attached hydrogens (tertiary/aromatic N) is 4. The molecular weight excluding hydrogens is 649 g/mol. The Morgan fingerprint density at radius 3 is 1.35 bits per heavy atom. The number of hydrogen-bond acceptors (Lipinski definition) is 8. The Balaban J connectivity index is 1.08. The topological polar surface area (TPSA) is 104 Å². The van der Waals surface area contributed by atoms with Crippen molar-refractivity contribution < 1.29 is 19.1 Å². The third-order valence-electron chi connectivity index (χ3n) is 8.90. The molecule has 0 radical (unpaired) electrons.